The van der Waals surface area contributed by atoms with E-state index in [0.717, 1.165) is 51.4 Å². The third-order valence-electron chi connectivity index (χ3n) is 18.5. The second-order valence-corrected chi connectivity index (χ2v) is 23.0. The summed E-state index contributed by atoms with van der Waals surface area (Å²) in [6.45, 7) is 0. The summed E-state index contributed by atoms with van der Waals surface area (Å²) in [5.41, 5.74) is 18.9. The van der Waals surface area contributed by atoms with E-state index in [-0.39, 0.29) is 0 Å². The van der Waals surface area contributed by atoms with E-state index in [2.05, 4.69) is 248 Å². The number of aryl methyl sites for hydroxylation is 5. The van der Waals surface area contributed by atoms with E-state index in [1.54, 1.807) is 0 Å². The first-order valence-electron chi connectivity index (χ1n) is 29.4. The molecule has 0 saturated heterocycles. The van der Waals surface area contributed by atoms with Crippen LogP contribution in [-0.2, 0) is 32.1 Å². The third-order valence-corrected chi connectivity index (χ3v) is 18.5. The predicted octanol–water partition coefficient (Wildman–Crippen LogP) is 21.1. The van der Waals surface area contributed by atoms with Gasteiger partial charge in [0, 0.05) is 23.0 Å². The maximum atomic E-state index is 2.56. The molecule has 16 rings (SSSR count). The molecule has 0 heterocycles. The van der Waals surface area contributed by atoms with Crippen LogP contribution in [0.2, 0.25) is 0 Å². The molecule has 0 spiro atoms. The average Bonchev–Trinajstić information content (AvgIpc) is 2.54. The maximum absolute atomic E-state index is 2.56. The minimum absolute atomic E-state index is 0.336. The molecular weight excluding hydrogens is 963 g/mol. The monoisotopic (exact) mass is 1020 g/mol. The summed E-state index contributed by atoms with van der Waals surface area (Å²) in [6.07, 6.45) is 27.6. The molecule has 13 aromatic carbocycles. The predicted molar refractivity (Wildman–Crippen MR) is 344 cm³/mol. The van der Waals surface area contributed by atoms with Crippen molar-refractivity contribution in [3.63, 3.8) is 0 Å². The molecule has 1 nitrogen and oxygen atoms in total. The molecular formula is C79H61N. The van der Waals surface area contributed by atoms with Gasteiger partial charge in [-0.05, 0) is 243 Å². The van der Waals surface area contributed by atoms with Crippen molar-refractivity contribution in [3.8, 4) is 0 Å². The zero-order valence-electron chi connectivity index (χ0n) is 45.2. The molecule has 3 aliphatic carbocycles. The highest BCUT2D eigenvalue weighted by molar-refractivity contribution is 6.43. The number of hydrogen-bond acceptors (Lipinski definition) is 1. The molecule has 0 aromatic heterocycles. The van der Waals surface area contributed by atoms with Crippen LogP contribution in [-0.4, -0.2) is 0 Å². The van der Waals surface area contributed by atoms with Gasteiger partial charge in [-0.15, -0.1) is 0 Å². The minimum Gasteiger partial charge on any atom is -0.311 e. The molecule has 13 aromatic rings. The summed E-state index contributed by atoms with van der Waals surface area (Å²) in [5.74, 6) is 0.336. The Labute approximate surface area is 468 Å². The number of hydrogen-bond donors (Lipinski definition) is 0. The van der Waals surface area contributed by atoms with Gasteiger partial charge in [-0.2, -0.15) is 0 Å². The van der Waals surface area contributed by atoms with Gasteiger partial charge in [-0.1, -0.05) is 200 Å². The number of benzene rings is 13. The molecule has 0 fully saturated rings. The summed E-state index contributed by atoms with van der Waals surface area (Å²) in [4.78, 5) is 2.38. The van der Waals surface area contributed by atoms with E-state index >= 15 is 0 Å². The first-order valence-corrected chi connectivity index (χ1v) is 29.4. The van der Waals surface area contributed by atoms with Crippen LogP contribution < -0.4 is 4.90 Å². The Balaban J connectivity index is 0.808. The summed E-state index contributed by atoms with van der Waals surface area (Å²) >= 11 is 0. The lowest BCUT2D eigenvalue weighted by molar-refractivity contribution is 0.715. The highest BCUT2D eigenvalue weighted by Crippen LogP contribution is 2.51. The van der Waals surface area contributed by atoms with Gasteiger partial charge in [-0.3, -0.25) is 0 Å². The van der Waals surface area contributed by atoms with Crippen molar-refractivity contribution in [1.29, 1.82) is 0 Å². The van der Waals surface area contributed by atoms with Crippen LogP contribution in [0.15, 0.2) is 224 Å². The Hall–Kier alpha value is -9.04. The summed E-state index contributed by atoms with van der Waals surface area (Å²) in [6, 6.07) is 76.2. The highest BCUT2D eigenvalue weighted by atomic mass is 15.1. The average molecular weight is 1020 g/mol. The third kappa shape index (κ3) is 7.81. The van der Waals surface area contributed by atoms with E-state index in [0.29, 0.717) is 5.92 Å². The molecule has 0 bridgehead atoms. The standard InChI is InChI=1S/C79H61N/c1-5-15-51(16-6-1)33-42-63(54-17-7-2-8-18-54)55-34-27-52(28-35-55)29-36-58-49-72-70-47-45-69-67-44-39-57-20-14-26-65-59(37-30-53-31-40-62(41-32-53)80(60-21-9-3-10-22-60)61-23-11-4-12-24-61)50-73(79(67)75(57)65)71-48-46-68(76(70)77(69)71)66-43-38-56-19-13-25-64(58)74(56)78(66)72/h1-3,5-11,15-18,21-24,27-32,34-41,43-50,63H,4,12-14,19-20,25-26,33,42H2/b36-29+,37-30+. The molecule has 80 heavy (non-hydrogen) atoms. The molecule has 1 unspecified atom stereocenters. The minimum atomic E-state index is 0.336. The van der Waals surface area contributed by atoms with Gasteiger partial charge in [0.25, 0.3) is 0 Å². The molecule has 0 radical (unpaired) electrons. The molecule has 1 atom stereocenters. The molecule has 0 aliphatic heterocycles. The smallest absolute Gasteiger partial charge is 0.0461 e. The Kier molecular flexibility index (Phi) is 11.4. The maximum Gasteiger partial charge on any atom is 0.0461 e. The first kappa shape index (κ1) is 47.0. The van der Waals surface area contributed by atoms with Gasteiger partial charge in [-0.25, -0.2) is 0 Å². The Morgan fingerprint density at radius 2 is 0.850 bits per heavy atom. The Morgan fingerprint density at radius 1 is 0.388 bits per heavy atom. The number of anilines is 2. The summed E-state index contributed by atoms with van der Waals surface area (Å²) in [5, 5.41) is 19.7. The van der Waals surface area contributed by atoms with Crippen LogP contribution in [0.3, 0.4) is 0 Å². The normalized spacial score (nSPS) is 14.8. The number of allylic oxidation sites excluding steroid dienone is 3. The zero-order chi connectivity index (χ0) is 52.7. The highest BCUT2D eigenvalue weighted by Gasteiger charge is 2.26. The largest absolute Gasteiger partial charge is 0.311 e. The number of rotatable bonds is 12. The summed E-state index contributed by atoms with van der Waals surface area (Å²) < 4.78 is 0. The number of para-hydroxylation sites is 1. The number of nitrogens with zero attached hydrogens (tertiary/aromatic N) is 1. The van der Waals surface area contributed by atoms with Crippen molar-refractivity contribution in [1.82, 2.24) is 0 Å². The van der Waals surface area contributed by atoms with Crippen LogP contribution in [0.1, 0.15) is 99.2 Å². The van der Waals surface area contributed by atoms with E-state index in [1.807, 2.05) is 0 Å². The fourth-order valence-electron chi connectivity index (χ4n) is 14.8. The molecule has 0 N–H and O–H groups in total. The van der Waals surface area contributed by atoms with Gasteiger partial charge in [0.1, 0.15) is 0 Å². The van der Waals surface area contributed by atoms with E-state index in [1.165, 1.54) is 167 Å². The molecule has 1 heteroatoms. The van der Waals surface area contributed by atoms with Crippen molar-refractivity contribution in [2.75, 3.05) is 4.90 Å². The van der Waals surface area contributed by atoms with Crippen LogP contribution in [0.25, 0.3) is 99.7 Å². The molecule has 3 aliphatic rings. The zero-order valence-corrected chi connectivity index (χ0v) is 45.2. The van der Waals surface area contributed by atoms with E-state index in [4.69, 9.17) is 0 Å². The van der Waals surface area contributed by atoms with Crippen molar-refractivity contribution >= 4 is 111 Å². The van der Waals surface area contributed by atoms with Gasteiger partial charge in [0.15, 0.2) is 0 Å². The van der Waals surface area contributed by atoms with Gasteiger partial charge < -0.3 is 4.90 Å². The van der Waals surface area contributed by atoms with Crippen molar-refractivity contribution in [2.24, 2.45) is 0 Å². The molecule has 382 valence electrons. The second kappa shape index (κ2) is 19.4. The molecule has 0 amide bonds. The lowest BCUT2D eigenvalue weighted by atomic mass is 9.77. The van der Waals surface area contributed by atoms with Gasteiger partial charge in [0.05, 0.1) is 0 Å². The van der Waals surface area contributed by atoms with Crippen molar-refractivity contribution < 1.29 is 0 Å². The molecule has 0 saturated carbocycles. The first-order chi connectivity index (χ1) is 39.7. The van der Waals surface area contributed by atoms with Gasteiger partial charge >= 0.3 is 0 Å². The van der Waals surface area contributed by atoms with Gasteiger partial charge in [0.2, 0.25) is 0 Å². The summed E-state index contributed by atoms with van der Waals surface area (Å²) in [7, 11) is 0. The topological polar surface area (TPSA) is 3.24 Å². The van der Waals surface area contributed by atoms with Crippen molar-refractivity contribution in [3.05, 3.63) is 285 Å². The quantitative estimate of drug-likeness (QED) is 0.0670. The lowest BCUT2D eigenvalue weighted by Crippen LogP contribution is -2.16. The van der Waals surface area contributed by atoms with E-state index < -0.39 is 0 Å². The Bertz CT molecular complexity index is 4650. The lowest BCUT2D eigenvalue weighted by Gasteiger charge is -2.27. The van der Waals surface area contributed by atoms with Crippen LogP contribution >= 0.6 is 0 Å². The van der Waals surface area contributed by atoms with Crippen molar-refractivity contribution in [2.45, 2.75) is 70.1 Å². The van der Waals surface area contributed by atoms with Crippen LogP contribution in [0, 0.1) is 0 Å². The van der Waals surface area contributed by atoms with Crippen LogP contribution in [0.4, 0.5) is 11.4 Å². The fraction of sp³-hybridized carbons (Fsp3) is 0.139. The van der Waals surface area contributed by atoms with Crippen LogP contribution in [0.5, 0.6) is 0 Å². The van der Waals surface area contributed by atoms with E-state index in [9.17, 15) is 0 Å². The fourth-order valence-corrected chi connectivity index (χ4v) is 14.8. The number of fused-ring (bicyclic) bond motifs is 4. The Morgan fingerprint density at radius 3 is 1.39 bits per heavy atom. The second-order valence-electron chi connectivity index (χ2n) is 23.0. The SMILES string of the molecule is C1=CC(N(c2ccccc2)c2ccc(/C=C/c3cc4c5ccc6c7ccc8c9c(c(/C=C/c%10ccc(C(CCc%11ccccc%11)c%11ccccc%11)cc%10)cc(c%10ccc(c%11ccc%12c(c3CCC%12)c%114)c5c6%10)c97)CCC8)cc2)=CCC1.